The number of oxime groups is 1. The third-order valence-corrected chi connectivity index (χ3v) is 4.46. The molecule has 108 valence electrons. The van der Waals surface area contributed by atoms with Crippen molar-refractivity contribution in [2.45, 2.75) is 26.7 Å². The second kappa shape index (κ2) is 5.44. The number of benzene rings is 1. The molecule has 0 atom stereocenters. The van der Waals surface area contributed by atoms with Crippen molar-refractivity contribution in [1.29, 1.82) is 0 Å². The molecule has 0 aromatic heterocycles. The number of amidine groups is 1. The average molecular weight is 340 g/mol. The van der Waals surface area contributed by atoms with Crippen LogP contribution in [-0.4, -0.2) is 17.0 Å². The van der Waals surface area contributed by atoms with Gasteiger partial charge in [0.05, 0.1) is 5.69 Å². The van der Waals surface area contributed by atoms with E-state index in [1.54, 1.807) is 0 Å². The first-order chi connectivity index (χ1) is 9.39. The number of nitrogens with zero attached hydrogens (tertiary/aromatic N) is 1. The lowest BCUT2D eigenvalue weighted by Crippen LogP contribution is -2.54. The summed E-state index contributed by atoms with van der Waals surface area (Å²) in [6.45, 7) is 4.01. The number of anilines is 1. The first-order valence-electron chi connectivity index (χ1n) is 6.44. The minimum atomic E-state index is -0.890. The predicted octanol–water partition coefficient (Wildman–Crippen LogP) is 2.86. The molecule has 1 fully saturated rings. The minimum Gasteiger partial charge on any atom is -0.409 e. The Balaban J connectivity index is 2.22. The highest BCUT2D eigenvalue weighted by atomic mass is 79.9. The van der Waals surface area contributed by atoms with Crippen LogP contribution in [0.1, 0.15) is 25.3 Å². The largest absolute Gasteiger partial charge is 0.409 e. The Kier molecular flexibility index (Phi) is 4.04. The fraction of sp³-hybridized carbons (Fsp3) is 0.429. The van der Waals surface area contributed by atoms with Gasteiger partial charge in [-0.2, -0.15) is 0 Å². The molecule has 6 heteroatoms. The highest BCUT2D eigenvalue weighted by Crippen LogP contribution is 2.46. The van der Waals surface area contributed by atoms with Gasteiger partial charge in [0.1, 0.15) is 5.41 Å². The Morgan fingerprint density at radius 2 is 2.20 bits per heavy atom. The molecular formula is C14H18BrN3O2. The first kappa shape index (κ1) is 14.8. The predicted molar refractivity (Wildman–Crippen MR) is 81.7 cm³/mol. The topological polar surface area (TPSA) is 87.7 Å². The molecule has 0 bridgehead atoms. The van der Waals surface area contributed by atoms with Crippen LogP contribution in [0, 0.1) is 18.3 Å². The summed E-state index contributed by atoms with van der Waals surface area (Å²) in [7, 11) is 0. The van der Waals surface area contributed by atoms with E-state index in [0.717, 1.165) is 10.0 Å². The Hall–Kier alpha value is -1.56. The van der Waals surface area contributed by atoms with Crippen LogP contribution in [0.2, 0.25) is 0 Å². The second-order valence-electron chi connectivity index (χ2n) is 5.52. The lowest BCUT2D eigenvalue weighted by atomic mass is 9.61. The van der Waals surface area contributed by atoms with Crippen LogP contribution in [0.4, 0.5) is 5.69 Å². The average Bonchev–Trinajstić information content (AvgIpc) is 2.37. The molecular weight excluding hydrogens is 322 g/mol. The van der Waals surface area contributed by atoms with E-state index in [4.69, 9.17) is 10.9 Å². The van der Waals surface area contributed by atoms with Gasteiger partial charge in [0.2, 0.25) is 5.91 Å². The molecule has 0 aliphatic heterocycles. The highest BCUT2D eigenvalue weighted by molar-refractivity contribution is 9.10. The van der Waals surface area contributed by atoms with Gasteiger partial charge < -0.3 is 16.3 Å². The van der Waals surface area contributed by atoms with Gasteiger partial charge in [-0.3, -0.25) is 4.79 Å². The van der Waals surface area contributed by atoms with Gasteiger partial charge in [-0.1, -0.05) is 18.1 Å². The fourth-order valence-electron chi connectivity index (χ4n) is 2.70. The quantitative estimate of drug-likeness (QED) is 0.342. The number of carbonyl (C=O) groups excluding carboxylic acids is 1. The highest BCUT2D eigenvalue weighted by Gasteiger charge is 2.52. The van der Waals surface area contributed by atoms with Gasteiger partial charge in [-0.05, 0) is 59.3 Å². The molecule has 0 radical (unpaired) electrons. The maximum atomic E-state index is 12.5. The number of amides is 1. The monoisotopic (exact) mass is 339 g/mol. The van der Waals surface area contributed by atoms with Crippen LogP contribution in [0.25, 0.3) is 0 Å². The van der Waals surface area contributed by atoms with Crippen LogP contribution in [0.3, 0.4) is 0 Å². The van der Waals surface area contributed by atoms with Crippen LogP contribution < -0.4 is 11.1 Å². The molecule has 1 saturated carbocycles. The van der Waals surface area contributed by atoms with E-state index in [2.05, 4.69) is 26.4 Å². The van der Waals surface area contributed by atoms with E-state index < -0.39 is 5.41 Å². The Labute approximate surface area is 126 Å². The van der Waals surface area contributed by atoms with Gasteiger partial charge in [0.15, 0.2) is 5.84 Å². The number of nitrogens with two attached hydrogens (primary N) is 1. The molecule has 0 unspecified atom stereocenters. The summed E-state index contributed by atoms with van der Waals surface area (Å²) < 4.78 is 0.813. The lowest BCUT2D eigenvalue weighted by Gasteiger charge is -2.43. The molecule has 20 heavy (non-hydrogen) atoms. The molecule has 1 aliphatic rings. The lowest BCUT2D eigenvalue weighted by molar-refractivity contribution is -0.127. The van der Waals surface area contributed by atoms with Gasteiger partial charge in [0.25, 0.3) is 0 Å². The third-order valence-electron chi connectivity index (χ3n) is 3.80. The Morgan fingerprint density at radius 3 is 2.70 bits per heavy atom. The number of hydrogen-bond acceptors (Lipinski definition) is 3. The molecule has 0 spiro atoms. The smallest absolute Gasteiger partial charge is 0.238 e. The maximum Gasteiger partial charge on any atom is 0.238 e. The number of nitrogens with one attached hydrogen (secondary N) is 1. The number of hydrogen-bond donors (Lipinski definition) is 3. The summed E-state index contributed by atoms with van der Waals surface area (Å²) in [6, 6.07) is 5.68. The van der Waals surface area contributed by atoms with Crippen molar-refractivity contribution in [1.82, 2.24) is 0 Å². The first-order valence-corrected chi connectivity index (χ1v) is 7.24. The molecule has 1 aromatic carbocycles. The number of halogens is 1. The summed E-state index contributed by atoms with van der Waals surface area (Å²) in [6.07, 6.45) is 1.19. The van der Waals surface area contributed by atoms with Gasteiger partial charge in [-0.25, -0.2) is 0 Å². The van der Waals surface area contributed by atoms with Crippen molar-refractivity contribution in [3.63, 3.8) is 0 Å². The maximum absolute atomic E-state index is 12.5. The summed E-state index contributed by atoms with van der Waals surface area (Å²) in [4.78, 5) is 12.5. The number of carbonyl (C=O) groups is 1. The molecule has 0 heterocycles. The molecule has 1 amide bonds. The van der Waals surface area contributed by atoms with Crippen LogP contribution >= 0.6 is 15.9 Å². The zero-order valence-corrected chi connectivity index (χ0v) is 13.1. The molecule has 1 aliphatic carbocycles. The number of rotatable bonds is 3. The summed E-state index contributed by atoms with van der Waals surface area (Å²) in [5, 5.41) is 14.8. The SMILES string of the molecule is Cc1ccc(NC(=O)C2(/C(N)=N/O)CC(C)C2)c(Br)c1. The van der Waals surface area contributed by atoms with Crippen molar-refractivity contribution in [2.24, 2.45) is 22.2 Å². The normalized spacial score (nSPS) is 25.9. The molecule has 4 N–H and O–H groups in total. The van der Waals surface area contributed by atoms with Crippen molar-refractivity contribution in [3.05, 3.63) is 28.2 Å². The summed E-state index contributed by atoms with van der Waals surface area (Å²) >= 11 is 3.42. The van der Waals surface area contributed by atoms with Crippen molar-refractivity contribution < 1.29 is 10.0 Å². The van der Waals surface area contributed by atoms with Crippen molar-refractivity contribution in [3.8, 4) is 0 Å². The van der Waals surface area contributed by atoms with E-state index in [0.29, 0.717) is 24.4 Å². The molecule has 1 aromatic rings. The zero-order valence-electron chi connectivity index (χ0n) is 11.5. The third kappa shape index (κ3) is 2.52. The van der Waals surface area contributed by atoms with E-state index >= 15 is 0 Å². The van der Waals surface area contributed by atoms with Crippen LogP contribution in [0.5, 0.6) is 0 Å². The van der Waals surface area contributed by atoms with Gasteiger partial charge >= 0.3 is 0 Å². The summed E-state index contributed by atoms with van der Waals surface area (Å²) in [5.74, 6) is 0.147. The standard InChI is InChI=1S/C14H18BrN3O2/c1-8-3-4-11(10(15)5-8)17-13(19)14(12(16)18-20)6-9(2)7-14/h3-5,9,20H,6-7H2,1-2H3,(H2,16,18)(H,17,19). The zero-order chi connectivity index (χ0) is 14.9. The Morgan fingerprint density at radius 1 is 1.55 bits per heavy atom. The van der Waals surface area contributed by atoms with Crippen molar-refractivity contribution >= 4 is 33.4 Å². The fourth-order valence-corrected chi connectivity index (χ4v) is 3.29. The summed E-state index contributed by atoms with van der Waals surface area (Å²) in [5.41, 5.74) is 6.61. The van der Waals surface area contributed by atoms with E-state index in [9.17, 15) is 4.79 Å². The molecule has 0 saturated heterocycles. The molecule has 5 nitrogen and oxygen atoms in total. The van der Waals surface area contributed by atoms with E-state index in [1.807, 2.05) is 32.0 Å². The van der Waals surface area contributed by atoms with Crippen molar-refractivity contribution in [2.75, 3.05) is 5.32 Å². The second-order valence-corrected chi connectivity index (χ2v) is 6.37. The van der Waals surface area contributed by atoms with E-state index in [1.165, 1.54) is 0 Å². The minimum absolute atomic E-state index is 0.0173. The number of aryl methyl sites for hydroxylation is 1. The van der Waals surface area contributed by atoms with Crippen LogP contribution in [-0.2, 0) is 4.79 Å². The Bertz CT molecular complexity index is 566. The molecule has 2 rings (SSSR count). The van der Waals surface area contributed by atoms with E-state index in [-0.39, 0.29) is 11.7 Å². The van der Waals surface area contributed by atoms with Crippen LogP contribution in [0.15, 0.2) is 27.8 Å². The van der Waals surface area contributed by atoms with Gasteiger partial charge in [-0.15, -0.1) is 0 Å². The van der Waals surface area contributed by atoms with Gasteiger partial charge in [0, 0.05) is 4.47 Å².